The van der Waals surface area contributed by atoms with Crippen LogP contribution in [0.25, 0.3) is 0 Å². The van der Waals surface area contributed by atoms with Crippen LogP contribution in [0.2, 0.25) is 0 Å². The number of rotatable bonds is 5. The maximum atomic E-state index is 12.6. The van der Waals surface area contributed by atoms with E-state index in [4.69, 9.17) is 0 Å². The monoisotopic (exact) mass is 309 g/mol. The van der Waals surface area contributed by atoms with Gasteiger partial charge in [0.15, 0.2) is 9.84 Å². The lowest BCUT2D eigenvalue weighted by atomic mass is 9.81. The summed E-state index contributed by atoms with van der Waals surface area (Å²) in [6.07, 6.45) is 0.0853. The fraction of sp³-hybridized carbons (Fsp3) is 0.467. The average Bonchev–Trinajstić information content (AvgIpc) is 2.69. The van der Waals surface area contributed by atoms with Crippen LogP contribution in [0.1, 0.15) is 25.8 Å². The molecule has 0 saturated carbocycles. The predicted octanol–water partition coefficient (Wildman–Crippen LogP) is 1.14. The number of hydrogen-bond acceptors (Lipinski definition) is 4. The summed E-state index contributed by atoms with van der Waals surface area (Å²) in [4.78, 5) is 25.7. The molecule has 0 aromatic heterocycles. The van der Waals surface area contributed by atoms with Crippen molar-refractivity contribution in [2.24, 2.45) is 0 Å². The Morgan fingerprint density at radius 2 is 1.81 bits per heavy atom. The second-order valence-corrected chi connectivity index (χ2v) is 7.93. The van der Waals surface area contributed by atoms with Gasteiger partial charge in [0.1, 0.15) is 0 Å². The predicted molar refractivity (Wildman–Crippen MR) is 79.5 cm³/mol. The maximum Gasteiger partial charge on any atom is 0.240 e. The van der Waals surface area contributed by atoms with Crippen molar-refractivity contribution < 1.29 is 18.0 Å². The van der Waals surface area contributed by atoms with Gasteiger partial charge in [-0.2, -0.15) is 0 Å². The number of nitrogens with zero attached hydrogens (tertiary/aromatic N) is 1. The van der Waals surface area contributed by atoms with Crippen molar-refractivity contribution in [1.82, 2.24) is 4.90 Å². The van der Waals surface area contributed by atoms with Gasteiger partial charge in [0.2, 0.25) is 11.8 Å². The van der Waals surface area contributed by atoms with Gasteiger partial charge in [-0.15, -0.1) is 0 Å². The van der Waals surface area contributed by atoms with Gasteiger partial charge in [0.25, 0.3) is 0 Å². The molecule has 0 bridgehead atoms. The molecule has 1 heterocycles. The first-order valence-electron chi connectivity index (χ1n) is 6.91. The highest BCUT2D eigenvalue weighted by Crippen LogP contribution is 2.36. The van der Waals surface area contributed by atoms with E-state index in [0.29, 0.717) is 0 Å². The molecule has 0 spiro atoms. The van der Waals surface area contributed by atoms with Crippen molar-refractivity contribution in [2.75, 3.05) is 18.1 Å². The van der Waals surface area contributed by atoms with Crippen molar-refractivity contribution in [3.8, 4) is 0 Å². The number of carbonyl (C=O) groups excluding carboxylic acids is 2. The van der Waals surface area contributed by atoms with E-state index in [9.17, 15) is 18.0 Å². The number of hydrogen-bond donors (Lipinski definition) is 0. The fourth-order valence-electron chi connectivity index (χ4n) is 2.52. The summed E-state index contributed by atoms with van der Waals surface area (Å²) in [5.41, 5.74) is -0.113. The van der Waals surface area contributed by atoms with E-state index >= 15 is 0 Å². The van der Waals surface area contributed by atoms with Crippen LogP contribution < -0.4 is 0 Å². The first-order chi connectivity index (χ1) is 9.80. The normalized spacial score (nSPS) is 22.9. The number of amides is 2. The van der Waals surface area contributed by atoms with E-state index in [0.717, 1.165) is 10.5 Å². The first kappa shape index (κ1) is 15.7. The largest absolute Gasteiger partial charge is 0.281 e. The second kappa shape index (κ2) is 5.60. The smallest absolute Gasteiger partial charge is 0.240 e. The molecule has 21 heavy (non-hydrogen) atoms. The number of imide groups is 1. The minimum absolute atomic E-state index is 0.0131. The quantitative estimate of drug-likeness (QED) is 0.765. The molecule has 1 aliphatic heterocycles. The van der Waals surface area contributed by atoms with Crippen LogP contribution >= 0.6 is 0 Å². The zero-order chi connectivity index (χ0) is 15.7. The summed E-state index contributed by atoms with van der Waals surface area (Å²) in [5.74, 6) is -0.784. The van der Waals surface area contributed by atoms with Gasteiger partial charge in [-0.25, -0.2) is 8.42 Å². The summed E-state index contributed by atoms with van der Waals surface area (Å²) >= 11 is 0. The van der Waals surface area contributed by atoms with Crippen molar-refractivity contribution in [3.05, 3.63) is 35.9 Å². The molecule has 1 fully saturated rings. The Morgan fingerprint density at radius 1 is 1.19 bits per heavy atom. The highest BCUT2D eigenvalue weighted by atomic mass is 32.2. The van der Waals surface area contributed by atoms with Crippen molar-refractivity contribution in [2.45, 2.75) is 25.7 Å². The summed E-state index contributed by atoms with van der Waals surface area (Å²) in [7, 11) is -3.20. The highest BCUT2D eigenvalue weighted by molar-refractivity contribution is 7.91. The molecule has 6 heteroatoms. The van der Waals surface area contributed by atoms with Crippen LogP contribution in [0.4, 0.5) is 0 Å². The molecule has 1 atom stereocenters. The molecule has 0 radical (unpaired) electrons. The Labute approximate surface area is 124 Å². The molecule has 1 aliphatic rings. The van der Waals surface area contributed by atoms with Crippen LogP contribution in [0.3, 0.4) is 0 Å². The number of benzene rings is 1. The van der Waals surface area contributed by atoms with E-state index < -0.39 is 15.3 Å². The zero-order valence-electron chi connectivity index (χ0n) is 12.2. The first-order valence-corrected chi connectivity index (χ1v) is 8.73. The maximum absolute atomic E-state index is 12.6. The fourth-order valence-corrected chi connectivity index (χ4v) is 3.27. The molecule has 1 saturated heterocycles. The number of likely N-dealkylation sites (tertiary alicyclic amines) is 1. The van der Waals surface area contributed by atoms with Crippen molar-refractivity contribution in [1.29, 1.82) is 0 Å². The van der Waals surface area contributed by atoms with Gasteiger partial charge in [-0.1, -0.05) is 37.3 Å². The molecule has 1 aromatic rings. The van der Waals surface area contributed by atoms with E-state index in [1.165, 1.54) is 0 Å². The molecule has 0 aliphatic carbocycles. The third-order valence-electron chi connectivity index (χ3n) is 4.00. The lowest BCUT2D eigenvalue weighted by Gasteiger charge is -2.22. The SMILES string of the molecule is CCS(=O)(=O)CCN1C(=O)CC(C)(c2ccccc2)C1=O. The van der Waals surface area contributed by atoms with E-state index in [1.54, 1.807) is 13.8 Å². The topological polar surface area (TPSA) is 71.5 Å². The molecular weight excluding hydrogens is 290 g/mol. The Kier molecular flexibility index (Phi) is 4.18. The van der Waals surface area contributed by atoms with Gasteiger partial charge in [0, 0.05) is 18.7 Å². The van der Waals surface area contributed by atoms with Crippen LogP contribution in [0.15, 0.2) is 30.3 Å². The van der Waals surface area contributed by atoms with Gasteiger partial charge < -0.3 is 0 Å². The van der Waals surface area contributed by atoms with Crippen LogP contribution in [-0.2, 0) is 24.8 Å². The molecule has 0 N–H and O–H groups in total. The minimum Gasteiger partial charge on any atom is -0.281 e. The third kappa shape index (κ3) is 3.00. The summed E-state index contributed by atoms with van der Waals surface area (Å²) in [6.45, 7) is 3.23. The lowest BCUT2D eigenvalue weighted by molar-refractivity contribution is -0.139. The van der Waals surface area contributed by atoms with Gasteiger partial charge >= 0.3 is 0 Å². The Bertz CT molecular complexity index is 654. The van der Waals surface area contributed by atoms with Gasteiger partial charge in [-0.3, -0.25) is 14.5 Å². The summed E-state index contributed by atoms with van der Waals surface area (Å²) < 4.78 is 23.1. The van der Waals surface area contributed by atoms with Crippen LogP contribution in [-0.4, -0.2) is 43.2 Å². The van der Waals surface area contributed by atoms with Crippen LogP contribution in [0, 0.1) is 0 Å². The minimum atomic E-state index is -3.20. The molecule has 1 unspecified atom stereocenters. The number of carbonyl (C=O) groups is 2. The van der Waals surface area contributed by atoms with Crippen LogP contribution in [0.5, 0.6) is 0 Å². The molecule has 5 nitrogen and oxygen atoms in total. The van der Waals surface area contributed by atoms with Gasteiger partial charge in [-0.05, 0) is 12.5 Å². The summed E-state index contributed by atoms with van der Waals surface area (Å²) in [5, 5.41) is 0. The molecule has 1 aromatic carbocycles. The standard InChI is InChI=1S/C15H19NO4S/c1-3-21(19,20)10-9-16-13(17)11-15(2,14(16)18)12-7-5-4-6-8-12/h4-8H,3,9-11H2,1-2H3. The molecule has 114 valence electrons. The van der Waals surface area contributed by atoms with Gasteiger partial charge in [0.05, 0.1) is 11.2 Å². The average molecular weight is 309 g/mol. The molecular formula is C15H19NO4S. The Balaban J connectivity index is 2.21. The lowest BCUT2D eigenvalue weighted by Crippen LogP contribution is -2.39. The summed E-state index contributed by atoms with van der Waals surface area (Å²) in [6, 6.07) is 9.12. The Hall–Kier alpha value is -1.69. The third-order valence-corrected chi connectivity index (χ3v) is 5.68. The second-order valence-electron chi connectivity index (χ2n) is 5.46. The van der Waals surface area contributed by atoms with E-state index in [2.05, 4.69) is 0 Å². The molecule has 2 rings (SSSR count). The zero-order valence-corrected chi connectivity index (χ0v) is 13.0. The van der Waals surface area contributed by atoms with Crippen molar-refractivity contribution >= 4 is 21.7 Å². The van der Waals surface area contributed by atoms with E-state index in [-0.39, 0.29) is 36.3 Å². The highest BCUT2D eigenvalue weighted by Gasteiger charge is 2.49. The number of sulfone groups is 1. The Morgan fingerprint density at radius 3 is 2.38 bits per heavy atom. The van der Waals surface area contributed by atoms with Crippen molar-refractivity contribution in [3.63, 3.8) is 0 Å². The molecule has 2 amide bonds. The van der Waals surface area contributed by atoms with E-state index in [1.807, 2.05) is 30.3 Å².